The van der Waals surface area contributed by atoms with Gasteiger partial charge in [-0.2, -0.15) is 0 Å². The lowest BCUT2D eigenvalue weighted by Crippen LogP contribution is -2.54. The van der Waals surface area contributed by atoms with Gasteiger partial charge in [-0.1, -0.05) is 25.8 Å². The predicted molar refractivity (Wildman–Crippen MR) is 95.0 cm³/mol. The van der Waals surface area contributed by atoms with E-state index < -0.39 is 11.4 Å². The third-order valence-corrected chi connectivity index (χ3v) is 5.55. The van der Waals surface area contributed by atoms with Crippen LogP contribution in [0.15, 0.2) is 18.2 Å². The molecule has 1 aromatic carbocycles. The first kappa shape index (κ1) is 18.6. The Hall–Kier alpha value is -2.15. The Morgan fingerprint density at radius 3 is 2.81 bits per heavy atom. The number of urea groups is 1. The van der Waals surface area contributed by atoms with E-state index >= 15 is 0 Å². The summed E-state index contributed by atoms with van der Waals surface area (Å²) in [6, 6.07) is 4.42. The van der Waals surface area contributed by atoms with Gasteiger partial charge in [0.05, 0.1) is 13.8 Å². The predicted octanol–water partition coefficient (Wildman–Crippen LogP) is 2.72. The molecule has 1 heterocycles. The van der Waals surface area contributed by atoms with Gasteiger partial charge in [-0.15, -0.1) is 0 Å². The number of rotatable bonds is 5. The van der Waals surface area contributed by atoms with Crippen molar-refractivity contribution in [2.75, 3.05) is 20.8 Å². The summed E-state index contributed by atoms with van der Waals surface area (Å²) in [5.41, 5.74) is 0.00108. The van der Waals surface area contributed by atoms with Crippen LogP contribution in [-0.2, 0) is 11.3 Å². The molecule has 1 spiro atoms. The standard InChI is InChI=1S/C19H26FN3O3/c1-13-6-4-5-9-19(13)17(24)23(18(25)21-19)12-22(2)11-14-7-8-16(26-3)15(20)10-14/h7-8,10,13H,4-6,9,11-12H2,1-3H3,(H,21,25)/t13-,19+/m0/s1. The average molecular weight is 363 g/mol. The van der Waals surface area contributed by atoms with E-state index in [0.29, 0.717) is 13.0 Å². The number of nitrogens with zero attached hydrogens (tertiary/aromatic N) is 2. The van der Waals surface area contributed by atoms with Crippen LogP contribution in [0.1, 0.15) is 38.2 Å². The molecule has 2 atom stereocenters. The van der Waals surface area contributed by atoms with E-state index in [1.54, 1.807) is 19.2 Å². The van der Waals surface area contributed by atoms with Crippen LogP contribution in [-0.4, -0.2) is 48.1 Å². The van der Waals surface area contributed by atoms with Gasteiger partial charge >= 0.3 is 6.03 Å². The molecule has 1 aliphatic carbocycles. The lowest BCUT2D eigenvalue weighted by molar-refractivity contribution is -0.135. The Balaban J connectivity index is 1.67. The van der Waals surface area contributed by atoms with E-state index in [1.807, 2.05) is 11.8 Å². The monoisotopic (exact) mass is 363 g/mol. The molecule has 1 aromatic rings. The number of carbonyl (C=O) groups excluding carboxylic acids is 2. The number of benzene rings is 1. The highest BCUT2D eigenvalue weighted by Gasteiger charge is 2.54. The molecule has 2 aliphatic rings. The highest BCUT2D eigenvalue weighted by molar-refractivity contribution is 6.07. The van der Waals surface area contributed by atoms with Gasteiger partial charge in [0, 0.05) is 6.54 Å². The molecule has 6 nitrogen and oxygen atoms in total. The first-order chi connectivity index (χ1) is 12.4. The van der Waals surface area contributed by atoms with Crippen LogP contribution < -0.4 is 10.1 Å². The molecule has 1 saturated carbocycles. The van der Waals surface area contributed by atoms with Crippen LogP contribution in [0.3, 0.4) is 0 Å². The van der Waals surface area contributed by atoms with Crippen molar-refractivity contribution >= 4 is 11.9 Å². The SMILES string of the molecule is COc1ccc(CN(C)CN2C(=O)N[C@@]3(CCCC[C@@H]3C)C2=O)cc1F. The number of methoxy groups -OCH3 is 1. The van der Waals surface area contributed by atoms with Crippen molar-refractivity contribution < 1.29 is 18.7 Å². The first-order valence-corrected chi connectivity index (χ1v) is 9.02. The minimum Gasteiger partial charge on any atom is -0.494 e. The summed E-state index contributed by atoms with van der Waals surface area (Å²) in [5, 5.41) is 2.95. The van der Waals surface area contributed by atoms with Gasteiger partial charge in [-0.25, -0.2) is 14.1 Å². The fourth-order valence-electron chi connectivity index (χ4n) is 4.04. The number of hydrogen-bond donors (Lipinski definition) is 1. The number of halogens is 1. The summed E-state index contributed by atoms with van der Waals surface area (Å²) in [6.45, 7) is 2.62. The Bertz CT molecular complexity index is 711. The molecule has 0 unspecified atom stereocenters. The normalized spacial score (nSPS) is 25.9. The van der Waals surface area contributed by atoms with E-state index in [2.05, 4.69) is 5.32 Å². The number of carbonyl (C=O) groups is 2. The average Bonchev–Trinajstić information content (AvgIpc) is 2.83. The van der Waals surface area contributed by atoms with E-state index in [0.717, 1.165) is 24.8 Å². The third-order valence-electron chi connectivity index (χ3n) is 5.55. The molecule has 0 aromatic heterocycles. The highest BCUT2D eigenvalue weighted by Crippen LogP contribution is 2.38. The van der Waals surface area contributed by atoms with Gasteiger partial charge < -0.3 is 10.1 Å². The molecule has 3 rings (SSSR count). The van der Waals surface area contributed by atoms with Crippen molar-refractivity contribution in [1.82, 2.24) is 15.1 Å². The topological polar surface area (TPSA) is 61.9 Å². The summed E-state index contributed by atoms with van der Waals surface area (Å²) in [4.78, 5) is 28.5. The van der Waals surface area contributed by atoms with Crippen molar-refractivity contribution in [2.45, 2.75) is 44.7 Å². The zero-order chi connectivity index (χ0) is 18.9. The number of nitrogens with one attached hydrogen (secondary N) is 1. The first-order valence-electron chi connectivity index (χ1n) is 9.02. The zero-order valence-corrected chi connectivity index (χ0v) is 15.5. The Morgan fingerprint density at radius 2 is 2.15 bits per heavy atom. The van der Waals surface area contributed by atoms with Crippen LogP contribution >= 0.6 is 0 Å². The maximum atomic E-state index is 13.8. The smallest absolute Gasteiger partial charge is 0.326 e. The quantitative estimate of drug-likeness (QED) is 0.817. The Labute approximate surface area is 153 Å². The van der Waals surface area contributed by atoms with Crippen LogP contribution in [0, 0.1) is 11.7 Å². The van der Waals surface area contributed by atoms with Crippen molar-refractivity contribution in [2.24, 2.45) is 5.92 Å². The molecule has 142 valence electrons. The summed E-state index contributed by atoms with van der Waals surface area (Å²) >= 11 is 0. The largest absolute Gasteiger partial charge is 0.494 e. The maximum absolute atomic E-state index is 13.8. The summed E-state index contributed by atoms with van der Waals surface area (Å²) < 4.78 is 18.8. The second kappa shape index (κ2) is 7.23. The molecule has 3 amide bonds. The number of amides is 3. The van der Waals surface area contributed by atoms with Crippen molar-refractivity contribution in [3.05, 3.63) is 29.6 Å². The van der Waals surface area contributed by atoms with Gasteiger partial charge in [-0.3, -0.25) is 9.69 Å². The van der Waals surface area contributed by atoms with Crippen LogP contribution in [0.5, 0.6) is 5.75 Å². The molecule has 1 N–H and O–H groups in total. The minimum atomic E-state index is -0.748. The molecular formula is C19H26FN3O3. The van der Waals surface area contributed by atoms with Gasteiger partial charge in [0.25, 0.3) is 5.91 Å². The Morgan fingerprint density at radius 1 is 1.38 bits per heavy atom. The fraction of sp³-hybridized carbons (Fsp3) is 0.579. The highest BCUT2D eigenvalue weighted by atomic mass is 19.1. The molecule has 2 fully saturated rings. The van der Waals surface area contributed by atoms with E-state index in [-0.39, 0.29) is 30.3 Å². The van der Waals surface area contributed by atoms with Crippen LogP contribution in [0.4, 0.5) is 9.18 Å². The van der Waals surface area contributed by atoms with Gasteiger partial charge in [0.1, 0.15) is 5.54 Å². The van der Waals surface area contributed by atoms with E-state index in [4.69, 9.17) is 4.74 Å². The van der Waals surface area contributed by atoms with Crippen molar-refractivity contribution in [1.29, 1.82) is 0 Å². The third kappa shape index (κ3) is 3.28. The number of hydrogen-bond acceptors (Lipinski definition) is 4. The second-order valence-electron chi connectivity index (χ2n) is 7.41. The number of ether oxygens (including phenoxy) is 1. The number of imide groups is 1. The molecule has 26 heavy (non-hydrogen) atoms. The molecule has 0 radical (unpaired) electrons. The van der Waals surface area contributed by atoms with Crippen LogP contribution in [0.25, 0.3) is 0 Å². The van der Waals surface area contributed by atoms with Gasteiger partial charge in [0.15, 0.2) is 11.6 Å². The Kier molecular flexibility index (Phi) is 5.18. The molecule has 7 heteroatoms. The minimum absolute atomic E-state index is 0.137. The van der Waals surface area contributed by atoms with Crippen molar-refractivity contribution in [3.63, 3.8) is 0 Å². The maximum Gasteiger partial charge on any atom is 0.326 e. The summed E-state index contributed by atoms with van der Waals surface area (Å²) in [5.74, 6) is -0.233. The van der Waals surface area contributed by atoms with Crippen molar-refractivity contribution in [3.8, 4) is 5.75 Å². The van der Waals surface area contributed by atoms with Gasteiger partial charge in [0.2, 0.25) is 0 Å². The second-order valence-corrected chi connectivity index (χ2v) is 7.41. The molecule has 0 bridgehead atoms. The zero-order valence-electron chi connectivity index (χ0n) is 15.5. The molecular weight excluding hydrogens is 337 g/mol. The molecule has 1 saturated heterocycles. The summed E-state index contributed by atoms with van der Waals surface area (Å²) in [6.07, 6.45) is 3.68. The van der Waals surface area contributed by atoms with Gasteiger partial charge in [-0.05, 0) is 43.5 Å². The summed E-state index contributed by atoms with van der Waals surface area (Å²) in [7, 11) is 3.22. The lowest BCUT2D eigenvalue weighted by atomic mass is 9.73. The van der Waals surface area contributed by atoms with Crippen LogP contribution in [0.2, 0.25) is 0 Å². The fourth-order valence-corrected chi connectivity index (χ4v) is 4.04. The molecule has 1 aliphatic heterocycles. The van der Waals surface area contributed by atoms with E-state index in [9.17, 15) is 14.0 Å². The van der Waals surface area contributed by atoms with E-state index in [1.165, 1.54) is 18.1 Å². The lowest BCUT2D eigenvalue weighted by Gasteiger charge is -2.37.